The first kappa shape index (κ1) is 9.11. The number of likely N-dealkylation sites (N-methyl/N-ethyl adjacent to an activating group) is 1. The molecule has 0 amide bonds. The molecule has 0 heterocycles. The van der Waals surface area contributed by atoms with Crippen LogP contribution in [0.3, 0.4) is 0 Å². The van der Waals surface area contributed by atoms with E-state index in [0.29, 0.717) is 12.0 Å². The first-order valence-electron chi connectivity index (χ1n) is 4.36. The van der Waals surface area contributed by atoms with Crippen molar-refractivity contribution in [1.29, 1.82) is 0 Å². The van der Waals surface area contributed by atoms with Gasteiger partial charge < -0.3 is 4.90 Å². The zero-order valence-electron chi connectivity index (χ0n) is 8.12. The van der Waals surface area contributed by atoms with E-state index < -0.39 is 0 Å². The fourth-order valence-corrected chi connectivity index (χ4v) is 1.50. The summed E-state index contributed by atoms with van der Waals surface area (Å²) in [4.78, 5) is 2.15. The third-order valence-electron chi connectivity index (χ3n) is 2.39. The molecule has 0 aromatic heterocycles. The van der Waals surface area contributed by atoms with Crippen LogP contribution in [-0.2, 0) is 0 Å². The van der Waals surface area contributed by atoms with Gasteiger partial charge in [-0.3, -0.25) is 0 Å². The standard InChI is InChI=1S/C11H17N/c1-5-12(4)11-8-9(2)6-7-10(11)3/h5-8,10-11H,1H2,2-4H3. The summed E-state index contributed by atoms with van der Waals surface area (Å²) in [5, 5.41) is 0. The lowest BCUT2D eigenvalue weighted by Crippen LogP contribution is -2.31. The summed E-state index contributed by atoms with van der Waals surface area (Å²) in [5.41, 5.74) is 1.34. The molecule has 0 saturated carbocycles. The summed E-state index contributed by atoms with van der Waals surface area (Å²) in [6, 6.07) is 0.479. The Hall–Kier alpha value is -0.980. The number of rotatable bonds is 2. The molecule has 66 valence electrons. The van der Waals surface area contributed by atoms with E-state index in [-0.39, 0.29) is 0 Å². The number of hydrogen-bond donors (Lipinski definition) is 0. The third-order valence-corrected chi connectivity index (χ3v) is 2.39. The molecule has 0 saturated heterocycles. The molecule has 12 heavy (non-hydrogen) atoms. The summed E-state index contributed by atoms with van der Waals surface area (Å²) >= 11 is 0. The summed E-state index contributed by atoms with van der Waals surface area (Å²) in [6.07, 6.45) is 8.59. The molecule has 0 aromatic rings. The predicted molar refractivity (Wildman–Crippen MR) is 53.8 cm³/mol. The van der Waals surface area contributed by atoms with Gasteiger partial charge in [0.15, 0.2) is 0 Å². The van der Waals surface area contributed by atoms with Crippen LogP contribution in [0.2, 0.25) is 0 Å². The molecule has 0 bridgehead atoms. The van der Waals surface area contributed by atoms with Crippen LogP contribution in [0.1, 0.15) is 13.8 Å². The molecule has 1 aliphatic carbocycles. The monoisotopic (exact) mass is 163 g/mol. The van der Waals surface area contributed by atoms with Crippen molar-refractivity contribution in [1.82, 2.24) is 4.90 Å². The van der Waals surface area contributed by atoms with Crippen molar-refractivity contribution >= 4 is 0 Å². The number of nitrogens with zero attached hydrogens (tertiary/aromatic N) is 1. The normalized spacial score (nSPS) is 28.1. The lowest BCUT2D eigenvalue weighted by Gasteiger charge is -2.30. The molecule has 1 nitrogen and oxygen atoms in total. The molecule has 2 unspecified atom stereocenters. The third kappa shape index (κ3) is 1.79. The maximum absolute atomic E-state index is 3.77. The van der Waals surface area contributed by atoms with Crippen molar-refractivity contribution in [2.75, 3.05) is 7.05 Å². The highest BCUT2D eigenvalue weighted by Gasteiger charge is 2.17. The Morgan fingerprint density at radius 2 is 2.25 bits per heavy atom. The van der Waals surface area contributed by atoms with Gasteiger partial charge in [0.2, 0.25) is 0 Å². The fraction of sp³-hybridized carbons (Fsp3) is 0.455. The molecule has 0 radical (unpaired) electrons. The summed E-state index contributed by atoms with van der Waals surface area (Å²) in [5.74, 6) is 0.580. The molecule has 1 aliphatic rings. The Morgan fingerprint density at radius 3 is 2.83 bits per heavy atom. The minimum absolute atomic E-state index is 0.479. The summed E-state index contributed by atoms with van der Waals surface area (Å²) in [6.45, 7) is 8.13. The molecule has 0 spiro atoms. The van der Waals surface area contributed by atoms with E-state index in [9.17, 15) is 0 Å². The Kier molecular flexibility index (Phi) is 2.74. The first-order valence-corrected chi connectivity index (χ1v) is 4.36. The van der Waals surface area contributed by atoms with Crippen LogP contribution in [0.4, 0.5) is 0 Å². The lowest BCUT2D eigenvalue weighted by molar-refractivity contribution is 0.327. The van der Waals surface area contributed by atoms with Crippen LogP contribution >= 0.6 is 0 Å². The van der Waals surface area contributed by atoms with E-state index in [1.165, 1.54) is 5.57 Å². The molecular formula is C11H17N. The van der Waals surface area contributed by atoms with Crippen LogP contribution in [0.15, 0.2) is 36.6 Å². The Balaban J connectivity index is 2.76. The molecule has 0 fully saturated rings. The first-order chi connectivity index (χ1) is 5.65. The van der Waals surface area contributed by atoms with Gasteiger partial charge in [0, 0.05) is 7.05 Å². The zero-order valence-corrected chi connectivity index (χ0v) is 8.12. The van der Waals surface area contributed by atoms with Crippen molar-refractivity contribution in [3.8, 4) is 0 Å². The van der Waals surface area contributed by atoms with Crippen molar-refractivity contribution in [3.05, 3.63) is 36.6 Å². The van der Waals surface area contributed by atoms with Gasteiger partial charge in [-0.25, -0.2) is 0 Å². The topological polar surface area (TPSA) is 3.24 Å². The van der Waals surface area contributed by atoms with Crippen molar-refractivity contribution < 1.29 is 0 Å². The second kappa shape index (κ2) is 3.61. The molecule has 2 atom stereocenters. The predicted octanol–water partition coefficient (Wildman–Crippen LogP) is 2.58. The van der Waals surface area contributed by atoms with Crippen molar-refractivity contribution in [2.24, 2.45) is 5.92 Å². The van der Waals surface area contributed by atoms with Crippen LogP contribution in [-0.4, -0.2) is 18.0 Å². The molecule has 0 aromatic carbocycles. The van der Waals surface area contributed by atoms with Gasteiger partial charge in [-0.2, -0.15) is 0 Å². The SMILES string of the molecule is C=CN(C)C1C=C(C)C=CC1C. The van der Waals surface area contributed by atoms with Gasteiger partial charge in [-0.15, -0.1) is 0 Å². The van der Waals surface area contributed by atoms with Crippen LogP contribution in [0, 0.1) is 5.92 Å². The van der Waals surface area contributed by atoms with Gasteiger partial charge in [0.1, 0.15) is 0 Å². The molecule has 0 N–H and O–H groups in total. The van der Waals surface area contributed by atoms with E-state index in [1.54, 1.807) is 0 Å². The zero-order chi connectivity index (χ0) is 9.14. The van der Waals surface area contributed by atoms with E-state index >= 15 is 0 Å². The van der Waals surface area contributed by atoms with E-state index in [0.717, 1.165) is 0 Å². The molecule has 1 heteroatoms. The van der Waals surface area contributed by atoms with E-state index in [4.69, 9.17) is 0 Å². The highest BCUT2D eigenvalue weighted by atomic mass is 15.1. The van der Waals surface area contributed by atoms with Gasteiger partial charge in [-0.05, 0) is 19.0 Å². The van der Waals surface area contributed by atoms with E-state index in [2.05, 4.69) is 50.6 Å². The van der Waals surface area contributed by atoms with Crippen molar-refractivity contribution in [3.63, 3.8) is 0 Å². The smallest absolute Gasteiger partial charge is 0.0529 e. The summed E-state index contributed by atoms with van der Waals surface area (Å²) < 4.78 is 0. The average molecular weight is 163 g/mol. The largest absolute Gasteiger partial charge is 0.374 e. The number of allylic oxidation sites excluding steroid dienone is 2. The highest BCUT2D eigenvalue weighted by Crippen LogP contribution is 2.20. The molecular weight excluding hydrogens is 146 g/mol. The van der Waals surface area contributed by atoms with Crippen LogP contribution in [0.5, 0.6) is 0 Å². The Morgan fingerprint density at radius 1 is 1.58 bits per heavy atom. The summed E-state index contributed by atoms with van der Waals surface area (Å²) in [7, 11) is 2.07. The maximum atomic E-state index is 3.77. The molecule has 1 rings (SSSR count). The van der Waals surface area contributed by atoms with Gasteiger partial charge >= 0.3 is 0 Å². The Bertz CT molecular complexity index is 221. The molecule has 0 aliphatic heterocycles. The van der Waals surface area contributed by atoms with Gasteiger partial charge in [0.25, 0.3) is 0 Å². The van der Waals surface area contributed by atoms with Crippen LogP contribution in [0.25, 0.3) is 0 Å². The second-order valence-corrected chi connectivity index (χ2v) is 3.47. The minimum Gasteiger partial charge on any atom is -0.374 e. The second-order valence-electron chi connectivity index (χ2n) is 3.47. The van der Waals surface area contributed by atoms with Gasteiger partial charge in [-0.1, -0.05) is 37.3 Å². The minimum atomic E-state index is 0.479. The Labute approximate surface area is 75.1 Å². The average Bonchev–Trinajstić information content (AvgIpc) is 2.08. The van der Waals surface area contributed by atoms with E-state index in [1.807, 2.05) is 6.20 Å². The number of hydrogen-bond acceptors (Lipinski definition) is 1. The fourth-order valence-electron chi connectivity index (χ4n) is 1.50. The lowest BCUT2D eigenvalue weighted by atomic mass is 9.93. The maximum Gasteiger partial charge on any atom is 0.0529 e. The van der Waals surface area contributed by atoms with Crippen LogP contribution < -0.4 is 0 Å². The van der Waals surface area contributed by atoms with Gasteiger partial charge in [0.05, 0.1) is 6.04 Å². The quantitative estimate of drug-likeness (QED) is 0.604. The highest BCUT2D eigenvalue weighted by molar-refractivity contribution is 5.25. The van der Waals surface area contributed by atoms with Crippen molar-refractivity contribution in [2.45, 2.75) is 19.9 Å².